The van der Waals surface area contributed by atoms with Gasteiger partial charge in [-0.1, -0.05) is 19.8 Å². The first-order chi connectivity index (χ1) is 9.33. The van der Waals surface area contributed by atoms with Gasteiger partial charge in [0.25, 0.3) is 0 Å². The normalized spacial score (nSPS) is 39.3. The Labute approximate surface area is 119 Å². The van der Waals surface area contributed by atoms with Crippen molar-refractivity contribution in [1.82, 2.24) is 10.2 Å². The molecule has 1 aliphatic carbocycles. The van der Waals surface area contributed by atoms with Crippen molar-refractivity contribution in [1.29, 1.82) is 0 Å². The largest absolute Gasteiger partial charge is 0.314 e. The van der Waals surface area contributed by atoms with Crippen molar-refractivity contribution in [3.63, 3.8) is 0 Å². The maximum absolute atomic E-state index is 3.72. The molecule has 1 N–H and O–H groups in total. The number of nitrogens with zero attached hydrogens (tertiary/aromatic N) is 1. The van der Waals surface area contributed by atoms with Crippen LogP contribution in [0.15, 0.2) is 0 Å². The van der Waals surface area contributed by atoms with E-state index < -0.39 is 0 Å². The number of hydrogen-bond acceptors (Lipinski definition) is 2. The lowest BCUT2D eigenvalue weighted by Crippen LogP contribution is -2.45. The van der Waals surface area contributed by atoms with Crippen LogP contribution in [0, 0.1) is 11.8 Å². The Morgan fingerprint density at radius 2 is 1.68 bits per heavy atom. The fourth-order valence-corrected chi connectivity index (χ4v) is 4.63. The number of nitrogens with one attached hydrogen (secondary N) is 1. The summed E-state index contributed by atoms with van der Waals surface area (Å²) < 4.78 is 0. The Morgan fingerprint density at radius 3 is 2.42 bits per heavy atom. The molecule has 1 saturated carbocycles. The average molecular weight is 264 g/mol. The van der Waals surface area contributed by atoms with Crippen LogP contribution in [0.4, 0.5) is 0 Å². The van der Waals surface area contributed by atoms with Crippen molar-refractivity contribution < 1.29 is 0 Å². The number of piperidine rings is 1. The molecule has 2 heteroatoms. The van der Waals surface area contributed by atoms with Crippen molar-refractivity contribution >= 4 is 0 Å². The lowest BCUT2D eigenvalue weighted by Gasteiger charge is -2.39. The van der Waals surface area contributed by atoms with E-state index in [2.05, 4.69) is 17.1 Å². The van der Waals surface area contributed by atoms with E-state index >= 15 is 0 Å². The minimum atomic E-state index is 0.858. The molecule has 0 radical (unpaired) electrons. The highest BCUT2D eigenvalue weighted by Crippen LogP contribution is 2.31. The Bertz CT molecular complexity index is 264. The third kappa shape index (κ3) is 3.52. The molecule has 3 fully saturated rings. The summed E-state index contributed by atoms with van der Waals surface area (Å²) in [5, 5.41) is 3.72. The molecule has 3 unspecified atom stereocenters. The van der Waals surface area contributed by atoms with Crippen LogP contribution in [0.3, 0.4) is 0 Å². The summed E-state index contributed by atoms with van der Waals surface area (Å²) in [6, 6.07) is 1.78. The molecule has 2 nitrogen and oxygen atoms in total. The molecule has 19 heavy (non-hydrogen) atoms. The molecule has 2 aliphatic heterocycles. The molecule has 0 aromatic carbocycles. The van der Waals surface area contributed by atoms with Gasteiger partial charge in [0.05, 0.1) is 0 Å². The van der Waals surface area contributed by atoms with Crippen LogP contribution in [0.5, 0.6) is 0 Å². The van der Waals surface area contributed by atoms with Crippen LogP contribution in [-0.2, 0) is 0 Å². The Hall–Kier alpha value is -0.0800. The fourth-order valence-electron chi connectivity index (χ4n) is 4.63. The minimum absolute atomic E-state index is 0.858. The van der Waals surface area contributed by atoms with Gasteiger partial charge in [-0.15, -0.1) is 0 Å². The third-order valence-corrected chi connectivity index (χ3v) is 5.99. The zero-order valence-electron chi connectivity index (χ0n) is 12.7. The Balaban J connectivity index is 1.46. The van der Waals surface area contributed by atoms with Gasteiger partial charge in [-0.2, -0.15) is 0 Å². The second-order valence-electron chi connectivity index (χ2n) is 7.34. The topological polar surface area (TPSA) is 15.3 Å². The molecule has 3 atom stereocenters. The van der Waals surface area contributed by atoms with Gasteiger partial charge < -0.3 is 10.2 Å². The molecular formula is C17H32N2. The number of rotatable bonds is 2. The van der Waals surface area contributed by atoms with E-state index in [1.807, 2.05) is 0 Å². The van der Waals surface area contributed by atoms with Gasteiger partial charge in [-0.05, 0) is 76.4 Å². The highest BCUT2D eigenvalue weighted by molar-refractivity contribution is 4.87. The second kappa shape index (κ2) is 6.58. The zero-order chi connectivity index (χ0) is 13.1. The van der Waals surface area contributed by atoms with Crippen LogP contribution >= 0.6 is 0 Å². The summed E-state index contributed by atoms with van der Waals surface area (Å²) in [5.41, 5.74) is 0. The maximum atomic E-state index is 3.72. The van der Waals surface area contributed by atoms with Gasteiger partial charge in [0.15, 0.2) is 0 Å². The van der Waals surface area contributed by atoms with Crippen LogP contribution in [-0.4, -0.2) is 36.6 Å². The summed E-state index contributed by atoms with van der Waals surface area (Å²) in [7, 11) is 0. The quantitative estimate of drug-likeness (QED) is 0.769. The van der Waals surface area contributed by atoms with Gasteiger partial charge in [-0.25, -0.2) is 0 Å². The summed E-state index contributed by atoms with van der Waals surface area (Å²) >= 11 is 0. The Kier molecular flexibility index (Phi) is 4.81. The monoisotopic (exact) mass is 264 g/mol. The molecule has 0 spiro atoms. The first-order valence-corrected chi connectivity index (χ1v) is 8.80. The van der Waals surface area contributed by atoms with Gasteiger partial charge in [0.2, 0.25) is 0 Å². The van der Waals surface area contributed by atoms with Crippen LogP contribution < -0.4 is 5.32 Å². The minimum Gasteiger partial charge on any atom is -0.314 e. The highest BCUT2D eigenvalue weighted by Gasteiger charge is 2.31. The van der Waals surface area contributed by atoms with E-state index in [0.717, 1.165) is 23.9 Å². The smallest absolute Gasteiger partial charge is 0.00967 e. The lowest BCUT2D eigenvalue weighted by atomic mass is 9.87. The third-order valence-electron chi connectivity index (χ3n) is 5.99. The molecule has 3 aliphatic rings. The second-order valence-corrected chi connectivity index (χ2v) is 7.34. The van der Waals surface area contributed by atoms with Crippen molar-refractivity contribution in [2.45, 2.75) is 76.8 Å². The standard InChI is InChI=1S/C17H32N2/c1-14-4-2-5-16(8-7-14)19-12-9-15(10-13-19)17-6-3-11-18-17/h14-18H,2-13H2,1H3. The zero-order valence-corrected chi connectivity index (χ0v) is 12.7. The van der Waals surface area contributed by atoms with E-state index in [9.17, 15) is 0 Å². The molecule has 2 heterocycles. The van der Waals surface area contributed by atoms with E-state index in [1.165, 1.54) is 77.4 Å². The van der Waals surface area contributed by atoms with E-state index in [-0.39, 0.29) is 0 Å². The average Bonchev–Trinajstić information content (AvgIpc) is 2.89. The lowest BCUT2D eigenvalue weighted by molar-refractivity contribution is 0.109. The van der Waals surface area contributed by atoms with Gasteiger partial charge >= 0.3 is 0 Å². The summed E-state index contributed by atoms with van der Waals surface area (Å²) in [6.07, 6.45) is 13.1. The summed E-state index contributed by atoms with van der Waals surface area (Å²) in [5.74, 6) is 1.95. The van der Waals surface area contributed by atoms with Crippen molar-refractivity contribution in [3.05, 3.63) is 0 Å². The van der Waals surface area contributed by atoms with Crippen molar-refractivity contribution in [2.24, 2.45) is 11.8 Å². The van der Waals surface area contributed by atoms with Crippen LogP contribution in [0.2, 0.25) is 0 Å². The molecule has 3 rings (SSSR count). The van der Waals surface area contributed by atoms with Crippen LogP contribution in [0.1, 0.15) is 64.7 Å². The molecular weight excluding hydrogens is 232 g/mol. The van der Waals surface area contributed by atoms with E-state index in [1.54, 1.807) is 0 Å². The van der Waals surface area contributed by atoms with E-state index in [0.29, 0.717) is 0 Å². The van der Waals surface area contributed by atoms with Crippen LogP contribution in [0.25, 0.3) is 0 Å². The Morgan fingerprint density at radius 1 is 0.842 bits per heavy atom. The van der Waals surface area contributed by atoms with Crippen molar-refractivity contribution in [2.75, 3.05) is 19.6 Å². The number of likely N-dealkylation sites (tertiary alicyclic amines) is 1. The van der Waals surface area contributed by atoms with Gasteiger partial charge in [0.1, 0.15) is 0 Å². The maximum Gasteiger partial charge on any atom is 0.00967 e. The molecule has 0 aromatic rings. The predicted octanol–water partition coefficient (Wildman–Crippen LogP) is 3.42. The number of hydrogen-bond donors (Lipinski definition) is 1. The van der Waals surface area contributed by atoms with Gasteiger partial charge in [-0.3, -0.25) is 0 Å². The molecule has 0 bridgehead atoms. The fraction of sp³-hybridized carbons (Fsp3) is 1.00. The molecule has 0 aromatic heterocycles. The summed E-state index contributed by atoms with van der Waals surface area (Å²) in [4.78, 5) is 2.84. The molecule has 110 valence electrons. The van der Waals surface area contributed by atoms with Gasteiger partial charge in [0, 0.05) is 12.1 Å². The highest BCUT2D eigenvalue weighted by atomic mass is 15.2. The predicted molar refractivity (Wildman–Crippen MR) is 81.4 cm³/mol. The molecule has 2 saturated heterocycles. The molecule has 0 amide bonds. The van der Waals surface area contributed by atoms with Crippen molar-refractivity contribution in [3.8, 4) is 0 Å². The van der Waals surface area contributed by atoms with E-state index in [4.69, 9.17) is 0 Å². The SMILES string of the molecule is CC1CCCC(N2CCC(C3CCCN3)CC2)CC1. The first-order valence-electron chi connectivity index (χ1n) is 8.80. The first kappa shape index (κ1) is 13.9. The summed E-state index contributed by atoms with van der Waals surface area (Å²) in [6.45, 7) is 6.47.